The minimum atomic E-state index is -0.920. The summed E-state index contributed by atoms with van der Waals surface area (Å²) in [6, 6.07) is 2.21. The maximum atomic E-state index is 13.0. The molecule has 0 aliphatic carbocycles. The number of carbonyl (C=O) groups excluding carboxylic acids is 3. The molecule has 2 aromatic heterocycles. The first-order valence-electron chi connectivity index (χ1n) is 9.53. The van der Waals surface area contributed by atoms with E-state index < -0.39 is 35.6 Å². The minimum absolute atomic E-state index is 0.0726. The van der Waals surface area contributed by atoms with Gasteiger partial charge in [-0.1, -0.05) is 39.9 Å². The van der Waals surface area contributed by atoms with E-state index in [1.807, 2.05) is 0 Å². The number of fused-ring (bicyclic) bond motifs is 1. The molecule has 172 valence electrons. The Kier molecular flexibility index (Phi) is 6.54. The zero-order chi connectivity index (χ0) is 23.7. The second-order valence-corrected chi connectivity index (χ2v) is 9.74. The van der Waals surface area contributed by atoms with Gasteiger partial charge in [0.15, 0.2) is 10.8 Å². The first-order valence-corrected chi connectivity index (χ1v) is 11.5. The fraction of sp³-hybridized carbons (Fsp3) is 0.263. The van der Waals surface area contributed by atoms with Crippen molar-refractivity contribution in [2.24, 2.45) is 5.16 Å². The van der Waals surface area contributed by atoms with Crippen molar-refractivity contribution in [2.75, 3.05) is 12.8 Å². The van der Waals surface area contributed by atoms with Gasteiger partial charge in [-0.3, -0.25) is 19.5 Å². The fourth-order valence-electron chi connectivity index (χ4n) is 3.64. The van der Waals surface area contributed by atoms with Crippen molar-refractivity contribution in [1.29, 1.82) is 0 Å². The first kappa shape index (κ1) is 23.0. The van der Waals surface area contributed by atoms with Crippen LogP contribution in [0.15, 0.2) is 45.2 Å². The maximum Gasteiger partial charge on any atom is 0.355 e. The van der Waals surface area contributed by atoms with Crippen molar-refractivity contribution in [1.82, 2.24) is 20.2 Å². The summed E-state index contributed by atoms with van der Waals surface area (Å²) in [5, 5.41) is 14.9. The highest BCUT2D eigenvalue weighted by molar-refractivity contribution is 8.03. The number of anilines is 1. The van der Waals surface area contributed by atoms with Crippen LogP contribution in [-0.4, -0.2) is 62.8 Å². The molecule has 0 radical (unpaired) electrons. The van der Waals surface area contributed by atoms with Crippen molar-refractivity contribution < 1.29 is 24.3 Å². The predicted octanol–water partition coefficient (Wildman–Crippen LogP) is 1.62. The van der Waals surface area contributed by atoms with Gasteiger partial charge in [-0.05, 0) is 25.0 Å². The van der Waals surface area contributed by atoms with Gasteiger partial charge >= 0.3 is 5.97 Å². The number of esters is 1. The quantitative estimate of drug-likeness (QED) is 0.173. The molecule has 0 unspecified atom stereocenters. The van der Waals surface area contributed by atoms with Gasteiger partial charge in [-0.25, -0.2) is 9.78 Å². The molecule has 2 atom stereocenters. The van der Waals surface area contributed by atoms with Gasteiger partial charge in [-0.15, -0.1) is 0 Å². The number of halogens is 1. The van der Waals surface area contributed by atoms with Crippen LogP contribution in [0.4, 0.5) is 5.13 Å². The Balaban J connectivity index is 1.55. The minimum Gasteiger partial charge on any atom is -0.464 e. The number of amides is 2. The van der Waals surface area contributed by atoms with E-state index in [0.29, 0.717) is 17.7 Å². The molecule has 2 amide bonds. The molecule has 4 rings (SSSR count). The summed E-state index contributed by atoms with van der Waals surface area (Å²) >= 11 is 8.27. The summed E-state index contributed by atoms with van der Waals surface area (Å²) in [4.78, 5) is 49.0. The lowest BCUT2D eigenvalue weighted by molar-refractivity contribution is -0.156. The number of nitrogens with one attached hydrogen (secondary N) is 1. The van der Waals surface area contributed by atoms with E-state index in [2.05, 4.69) is 20.4 Å². The lowest BCUT2D eigenvalue weighted by Crippen LogP contribution is -2.72. The monoisotopic (exact) mass is 508 g/mol. The molecule has 2 aromatic rings. The van der Waals surface area contributed by atoms with E-state index in [0.717, 1.165) is 16.2 Å². The topological polar surface area (TPSA) is 160 Å². The molecule has 2 aliphatic rings. The summed E-state index contributed by atoms with van der Waals surface area (Å²) in [5.41, 5.74) is 5.18. The Morgan fingerprint density at radius 3 is 2.76 bits per heavy atom. The predicted molar refractivity (Wildman–Crippen MR) is 121 cm³/mol. The molecule has 33 heavy (non-hydrogen) atoms. The molecule has 1 saturated heterocycles. The molecular formula is C19H17ClN6O5S2. The van der Waals surface area contributed by atoms with Crippen LogP contribution in [0, 0.1) is 0 Å². The van der Waals surface area contributed by atoms with Crippen molar-refractivity contribution in [3.8, 4) is 0 Å². The number of thiazole rings is 1. The molecule has 11 nitrogen and oxygen atoms in total. The van der Waals surface area contributed by atoms with Crippen LogP contribution in [0.2, 0.25) is 4.34 Å². The second kappa shape index (κ2) is 9.37. The van der Waals surface area contributed by atoms with Gasteiger partial charge in [0.05, 0.1) is 13.2 Å². The van der Waals surface area contributed by atoms with Crippen molar-refractivity contribution in [3.63, 3.8) is 0 Å². The van der Waals surface area contributed by atoms with Gasteiger partial charge in [0.2, 0.25) is 0 Å². The number of hydrogen-bond acceptors (Lipinski definition) is 11. The standard InChI is InChI=1S/C19H17ClN6O5S2/c1-31-18(29)14-10(32-8-4-6-22-7-5-8)3-2-9-11(17(28)26(9)14)23-16(27)13(25-30)12-15(20)33-19(21)24-12/h4-7,9,11,30H,2-3H2,1H3,(H2,21,24)(H,23,27)/t9-,11+/m1/s1. The van der Waals surface area contributed by atoms with Gasteiger partial charge < -0.3 is 21.0 Å². The van der Waals surface area contributed by atoms with Gasteiger partial charge in [-0.2, -0.15) is 0 Å². The van der Waals surface area contributed by atoms with E-state index in [4.69, 9.17) is 22.1 Å². The zero-order valence-corrected chi connectivity index (χ0v) is 19.4. The molecular weight excluding hydrogens is 492 g/mol. The Hall–Kier alpha value is -3.16. The van der Waals surface area contributed by atoms with Gasteiger partial charge in [0, 0.05) is 22.2 Å². The van der Waals surface area contributed by atoms with E-state index in [1.165, 1.54) is 23.8 Å². The highest BCUT2D eigenvalue weighted by atomic mass is 35.5. The number of β-lactam (4-membered cyclic amide) rings is 1. The lowest BCUT2D eigenvalue weighted by atomic mass is 9.86. The smallest absolute Gasteiger partial charge is 0.355 e. The molecule has 0 spiro atoms. The Morgan fingerprint density at radius 2 is 2.15 bits per heavy atom. The third-order valence-corrected chi connectivity index (χ3v) is 7.33. The van der Waals surface area contributed by atoms with E-state index >= 15 is 0 Å². The number of pyridine rings is 1. The highest BCUT2D eigenvalue weighted by Gasteiger charge is 2.54. The fourth-order valence-corrected chi connectivity index (χ4v) is 5.61. The summed E-state index contributed by atoms with van der Waals surface area (Å²) < 4.78 is 4.99. The second-order valence-electron chi connectivity index (χ2n) is 6.94. The summed E-state index contributed by atoms with van der Waals surface area (Å²) in [6.45, 7) is 0. The number of nitrogens with zero attached hydrogens (tertiary/aromatic N) is 4. The van der Waals surface area contributed by atoms with Crippen molar-refractivity contribution in [3.05, 3.63) is 45.2 Å². The number of rotatable bonds is 6. The summed E-state index contributed by atoms with van der Waals surface area (Å²) in [6.07, 6.45) is 4.26. The van der Waals surface area contributed by atoms with Crippen LogP contribution in [0.1, 0.15) is 18.5 Å². The molecule has 0 saturated carbocycles. The van der Waals surface area contributed by atoms with E-state index in [-0.39, 0.29) is 20.9 Å². The van der Waals surface area contributed by atoms with Crippen LogP contribution < -0.4 is 11.1 Å². The molecule has 4 N–H and O–H groups in total. The van der Waals surface area contributed by atoms with Crippen LogP contribution in [0.25, 0.3) is 0 Å². The largest absolute Gasteiger partial charge is 0.464 e. The molecule has 2 aliphatic heterocycles. The van der Waals surface area contributed by atoms with E-state index in [1.54, 1.807) is 24.5 Å². The first-order chi connectivity index (χ1) is 15.8. The lowest BCUT2D eigenvalue weighted by Gasteiger charge is -2.50. The number of carbonyl (C=O) groups is 3. The van der Waals surface area contributed by atoms with Crippen LogP contribution >= 0.6 is 34.7 Å². The Bertz CT molecular complexity index is 1180. The number of ether oxygens (including phenoxy) is 1. The number of hydrogen-bond donors (Lipinski definition) is 3. The number of nitrogens with two attached hydrogens (primary N) is 1. The average Bonchev–Trinajstić information content (AvgIpc) is 3.15. The summed E-state index contributed by atoms with van der Waals surface area (Å²) in [5.74, 6) is -1.97. The molecule has 0 aromatic carbocycles. The third kappa shape index (κ3) is 4.26. The van der Waals surface area contributed by atoms with Crippen molar-refractivity contribution >= 4 is 63.3 Å². The molecule has 4 heterocycles. The number of thioether (sulfide) groups is 1. The van der Waals surface area contributed by atoms with Crippen LogP contribution in [-0.2, 0) is 19.1 Å². The number of allylic oxidation sites excluding steroid dienone is 1. The maximum absolute atomic E-state index is 13.0. The molecule has 0 bridgehead atoms. The normalized spacial score (nSPS) is 20.2. The number of aromatic nitrogens is 2. The van der Waals surface area contributed by atoms with E-state index in [9.17, 15) is 19.6 Å². The average molecular weight is 509 g/mol. The van der Waals surface area contributed by atoms with Gasteiger partial charge in [0.25, 0.3) is 11.8 Å². The summed E-state index contributed by atoms with van der Waals surface area (Å²) in [7, 11) is 1.24. The van der Waals surface area contributed by atoms with Crippen LogP contribution in [0.5, 0.6) is 0 Å². The number of nitrogen functional groups attached to an aromatic ring is 1. The molecule has 14 heteroatoms. The Morgan fingerprint density at radius 1 is 1.42 bits per heavy atom. The number of methoxy groups -OCH3 is 1. The highest BCUT2D eigenvalue weighted by Crippen LogP contribution is 2.43. The number of oxime groups is 1. The van der Waals surface area contributed by atoms with Crippen LogP contribution in [0.3, 0.4) is 0 Å². The SMILES string of the molecule is COC(=O)C1=C(Sc2ccncc2)CC[C@@H]2[C@H](NC(=O)C(=NO)c3nc(N)sc3Cl)C(=O)N12. The zero-order valence-electron chi connectivity index (χ0n) is 17.0. The van der Waals surface area contributed by atoms with Gasteiger partial charge in [0.1, 0.15) is 21.8 Å². The Labute approximate surface area is 200 Å². The van der Waals surface area contributed by atoms with Crippen molar-refractivity contribution in [2.45, 2.75) is 29.8 Å². The molecule has 1 fully saturated rings. The third-order valence-electron chi connectivity index (χ3n) is 5.09.